The number of nitrogens with zero attached hydrogens (tertiary/aromatic N) is 4. The molecule has 3 aromatic rings. The van der Waals surface area contributed by atoms with Crippen LogP contribution >= 0.6 is 0 Å². The normalized spacial score (nSPS) is 20.0. The first-order chi connectivity index (χ1) is 11.7. The molecule has 0 N–H and O–H groups in total. The molecule has 0 spiro atoms. The molecule has 7 heteroatoms. The Bertz CT molecular complexity index is 1000. The van der Waals surface area contributed by atoms with Gasteiger partial charge in [-0.3, -0.25) is 4.79 Å². The minimum atomic E-state index is -0.355. The number of furan rings is 1. The van der Waals surface area contributed by atoms with Gasteiger partial charge in [-0.05, 0) is 25.5 Å². The molecule has 1 atom stereocenters. The van der Waals surface area contributed by atoms with E-state index in [4.69, 9.17) is 9.15 Å². The number of fused-ring (bicyclic) bond motifs is 3. The van der Waals surface area contributed by atoms with Gasteiger partial charge >= 0.3 is 0 Å². The molecule has 5 rings (SSSR count). The third-order valence-corrected chi connectivity index (χ3v) is 4.53. The van der Waals surface area contributed by atoms with E-state index in [0.29, 0.717) is 40.9 Å². The quantitative estimate of drug-likeness (QED) is 0.685. The molecule has 0 saturated carbocycles. The first-order valence-electron chi connectivity index (χ1n) is 7.92. The molecule has 0 bridgehead atoms. The summed E-state index contributed by atoms with van der Waals surface area (Å²) >= 11 is 0. The molecular formula is C17H14N4O3. The number of aromatic nitrogens is 4. The fourth-order valence-corrected chi connectivity index (χ4v) is 3.56. The summed E-state index contributed by atoms with van der Waals surface area (Å²) in [5.41, 5.74) is 2.05. The van der Waals surface area contributed by atoms with E-state index in [2.05, 4.69) is 15.1 Å². The van der Waals surface area contributed by atoms with Crippen LogP contribution in [0.2, 0.25) is 0 Å². The monoisotopic (exact) mass is 322 g/mol. The number of aryl methyl sites for hydroxylation is 1. The fourth-order valence-electron chi connectivity index (χ4n) is 3.56. The summed E-state index contributed by atoms with van der Waals surface area (Å²) < 4.78 is 13.2. The molecule has 1 aliphatic heterocycles. The first-order valence-corrected chi connectivity index (χ1v) is 7.92. The molecule has 0 aromatic carbocycles. The Morgan fingerprint density at radius 1 is 1.33 bits per heavy atom. The number of hydrogen-bond acceptors (Lipinski definition) is 6. The van der Waals surface area contributed by atoms with Crippen LogP contribution in [0.15, 0.2) is 40.5 Å². The predicted molar refractivity (Wildman–Crippen MR) is 82.6 cm³/mol. The van der Waals surface area contributed by atoms with Gasteiger partial charge < -0.3 is 9.15 Å². The number of carbonyl (C=O) groups excluding carboxylic acids is 1. The lowest BCUT2D eigenvalue weighted by atomic mass is 9.80. The van der Waals surface area contributed by atoms with E-state index in [1.54, 1.807) is 17.1 Å². The summed E-state index contributed by atoms with van der Waals surface area (Å²) in [5.74, 6) is 2.25. The van der Waals surface area contributed by atoms with Crippen molar-refractivity contribution >= 4 is 11.4 Å². The maximum absolute atomic E-state index is 12.6. The molecule has 2 aliphatic rings. The van der Waals surface area contributed by atoms with Crippen molar-refractivity contribution in [3.05, 3.63) is 53.2 Å². The Morgan fingerprint density at radius 2 is 2.25 bits per heavy atom. The van der Waals surface area contributed by atoms with Crippen LogP contribution in [0.4, 0.5) is 0 Å². The Kier molecular flexibility index (Phi) is 2.68. The van der Waals surface area contributed by atoms with Crippen LogP contribution in [-0.4, -0.2) is 25.4 Å². The SMILES string of the molecule is Cc1nc2c3c(ncn2n1)OC1=C(C(=O)CCC1)C3c1ccco1. The van der Waals surface area contributed by atoms with E-state index < -0.39 is 0 Å². The third kappa shape index (κ3) is 1.78. The molecular weight excluding hydrogens is 308 g/mol. The number of allylic oxidation sites excluding steroid dienone is 2. The zero-order valence-electron chi connectivity index (χ0n) is 13.0. The van der Waals surface area contributed by atoms with Gasteiger partial charge in [0.1, 0.15) is 23.7 Å². The Morgan fingerprint density at radius 3 is 3.08 bits per heavy atom. The van der Waals surface area contributed by atoms with Crippen molar-refractivity contribution in [2.45, 2.75) is 32.1 Å². The molecule has 4 heterocycles. The summed E-state index contributed by atoms with van der Waals surface area (Å²) in [6.07, 6.45) is 5.25. The zero-order chi connectivity index (χ0) is 16.3. The van der Waals surface area contributed by atoms with Crippen molar-refractivity contribution in [3.8, 4) is 5.88 Å². The molecule has 120 valence electrons. The average Bonchev–Trinajstić information content (AvgIpc) is 3.21. The van der Waals surface area contributed by atoms with Crippen LogP contribution in [0.1, 0.15) is 42.3 Å². The number of ketones is 1. The topological polar surface area (TPSA) is 82.5 Å². The van der Waals surface area contributed by atoms with Crippen LogP contribution in [-0.2, 0) is 4.79 Å². The number of ether oxygens (including phenoxy) is 1. The molecule has 1 aliphatic carbocycles. The Balaban J connectivity index is 1.84. The van der Waals surface area contributed by atoms with E-state index in [9.17, 15) is 4.79 Å². The van der Waals surface area contributed by atoms with Gasteiger partial charge in [-0.2, -0.15) is 5.10 Å². The molecule has 24 heavy (non-hydrogen) atoms. The van der Waals surface area contributed by atoms with Gasteiger partial charge in [0.15, 0.2) is 11.4 Å². The lowest BCUT2D eigenvalue weighted by molar-refractivity contribution is -0.116. The van der Waals surface area contributed by atoms with Crippen molar-refractivity contribution in [1.82, 2.24) is 19.6 Å². The number of Topliss-reactive ketones (excluding diaryl/α,β-unsaturated/α-hetero) is 1. The van der Waals surface area contributed by atoms with Gasteiger partial charge in [0.25, 0.3) is 0 Å². The van der Waals surface area contributed by atoms with E-state index in [1.165, 1.54) is 0 Å². The first kappa shape index (κ1) is 13.5. The number of rotatable bonds is 1. The van der Waals surface area contributed by atoms with Crippen molar-refractivity contribution < 1.29 is 13.9 Å². The Labute approximate surface area is 137 Å². The van der Waals surface area contributed by atoms with Crippen LogP contribution in [0.25, 0.3) is 5.65 Å². The van der Waals surface area contributed by atoms with Gasteiger partial charge in [0.2, 0.25) is 5.88 Å². The zero-order valence-corrected chi connectivity index (χ0v) is 13.0. The lowest BCUT2D eigenvalue weighted by Gasteiger charge is -2.30. The highest BCUT2D eigenvalue weighted by atomic mass is 16.5. The van der Waals surface area contributed by atoms with Gasteiger partial charge in [0.05, 0.1) is 17.7 Å². The molecule has 7 nitrogen and oxygen atoms in total. The second-order valence-corrected chi connectivity index (χ2v) is 6.05. The van der Waals surface area contributed by atoms with Crippen molar-refractivity contribution in [3.63, 3.8) is 0 Å². The van der Waals surface area contributed by atoms with E-state index in [-0.39, 0.29) is 11.7 Å². The minimum absolute atomic E-state index is 0.0986. The summed E-state index contributed by atoms with van der Waals surface area (Å²) in [6.45, 7) is 1.82. The largest absolute Gasteiger partial charge is 0.468 e. The minimum Gasteiger partial charge on any atom is -0.468 e. The smallest absolute Gasteiger partial charge is 0.228 e. The summed E-state index contributed by atoms with van der Waals surface area (Å²) in [6, 6.07) is 3.69. The predicted octanol–water partition coefficient (Wildman–Crippen LogP) is 2.56. The summed E-state index contributed by atoms with van der Waals surface area (Å²) in [7, 11) is 0. The maximum Gasteiger partial charge on any atom is 0.228 e. The van der Waals surface area contributed by atoms with Crippen molar-refractivity contribution in [1.29, 1.82) is 0 Å². The highest BCUT2D eigenvalue weighted by molar-refractivity contribution is 5.99. The third-order valence-electron chi connectivity index (χ3n) is 4.53. The summed E-state index contributed by atoms with van der Waals surface area (Å²) in [5, 5.41) is 4.32. The standard InChI is InChI=1S/C17H14N4O3/c1-9-19-16-15-14(11-6-3-7-23-11)13-10(22)4-2-5-12(13)24-17(15)18-8-21(16)20-9/h3,6-8,14H,2,4-5H2,1H3. The van der Waals surface area contributed by atoms with Gasteiger partial charge in [-0.25, -0.2) is 14.5 Å². The second-order valence-electron chi connectivity index (χ2n) is 6.05. The molecule has 1 unspecified atom stereocenters. The van der Waals surface area contributed by atoms with E-state index in [0.717, 1.165) is 18.4 Å². The van der Waals surface area contributed by atoms with Gasteiger partial charge in [-0.15, -0.1) is 0 Å². The average molecular weight is 322 g/mol. The molecule has 3 aromatic heterocycles. The van der Waals surface area contributed by atoms with Crippen LogP contribution in [0, 0.1) is 6.92 Å². The van der Waals surface area contributed by atoms with Crippen molar-refractivity contribution in [2.24, 2.45) is 0 Å². The number of hydrogen-bond donors (Lipinski definition) is 0. The molecule has 0 radical (unpaired) electrons. The summed E-state index contributed by atoms with van der Waals surface area (Å²) in [4.78, 5) is 21.5. The van der Waals surface area contributed by atoms with Crippen LogP contribution < -0.4 is 4.74 Å². The van der Waals surface area contributed by atoms with Crippen LogP contribution in [0.5, 0.6) is 5.88 Å². The van der Waals surface area contributed by atoms with Gasteiger partial charge in [0, 0.05) is 18.4 Å². The van der Waals surface area contributed by atoms with E-state index in [1.807, 2.05) is 19.1 Å². The van der Waals surface area contributed by atoms with Crippen LogP contribution in [0.3, 0.4) is 0 Å². The molecule has 0 amide bonds. The Hall–Kier alpha value is -2.96. The highest BCUT2D eigenvalue weighted by Gasteiger charge is 2.40. The van der Waals surface area contributed by atoms with E-state index >= 15 is 0 Å². The molecule has 0 fully saturated rings. The fraction of sp³-hybridized carbons (Fsp3) is 0.294. The number of carbonyl (C=O) groups is 1. The molecule has 0 saturated heterocycles. The van der Waals surface area contributed by atoms with Gasteiger partial charge in [-0.1, -0.05) is 0 Å². The van der Waals surface area contributed by atoms with Crippen molar-refractivity contribution in [2.75, 3.05) is 0 Å². The highest BCUT2D eigenvalue weighted by Crippen LogP contribution is 2.46. The maximum atomic E-state index is 12.6. The lowest BCUT2D eigenvalue weighted by Crippen LogP contribution is -2.26. The second kappa shape index (κ2) is 4.77.